The highest BCUT2D eigenvalue weighted by atomic mass is 35.5. The zero-order valence-electron chi connectivity index (χ0n) is 12.4. The Morgan fingerprint density at radius 2 is 1.78 bits per heavy atom. The zero-order chi connectivity index (χ0) is 16.4. The van der Waals surface area contributed by atoms with Gasteiger partial charge in [0.2, 0.25) is 5.91 Å². The molecule has 0 bridgehead atoms. The molecule has 1 N–H and O–H groups in total. The van der Waals surface area contributed by atoms with Gasteiger partial charge in [-0.05, 0) is 43.3 Å². The number of benzene rings is 2. The quantitative estimate of drug-likeness (QED) is 0.879. The standard InChI is InChI=1S/C17H14ClN3O2/c1-11-15(16(22)19-13-9-7-12(18)8-10-13)17(23)21(20-11)14-5-3-2-4-6-14/h2-10,15H,1H3,(H,19,22)/t15-/m0/s1. The molecule has 1 atom stereocenters. The van der Waals surface area contributed by atoms with Crippen molar-refractivity contribution in [3.63, 3.8) is 0 Å². The highest BCUT2D eigenvalue weighted by Gasteiger charge is 2.39. The summed E-state index contributed by atoms with van der Waals surface area (Å²) in [6.07, 6.45) is 0. The average Bonchev–Trinajstić information content (AvgIpc) is 2.85. The van der Waals surface area contributed by atoms with Gasteiger partial charge in [0.1, 0.15) is 0 Å². The predicted octanol–water partition coefficient (Wildman–Crippen LogP) is 3.32. The van der Waals surface area contributed by atoms with E-state index in [1.54, 1.807) is 43.3 Å². The first-order valence-electron chi connectivity index (χ1n) is 7.07. The monoisotopic (exact) mass is 327 g/mol. The minimum atomic E-state index is -0.925. The zero-order valence-corrected chi connectivity index (χ0v) is 13.1. The molecule has 5 nitrogen and oxygen atoms in total. The Morgan fingerprint density at radius 1 is 1.13 bits per heavy atom. The van der Waals surface area contributed by atoms with Crippen LogP contribution in [0.1, 0.15) is 6.92 Å². The Kier molecular flexibility index (Phi) is 4.12. The molecule has 2 aromatic rings. The number of nitrogens with one attached hydrogen (secondary N) is 1. The molecule has 0 saturated carbocycles. The number of para-hydroxylation sites is 1. The van der Waals surface area contributed by atoms with Gasteiger partial charge in [0.05, 0.1) is 11.4 Å². The number of hydrazone groups is 1. The van der Waals surface area contributed by atoms with Crippen molar-refractivity contribution in [3.05, 3.63) is 59.6 Å². The molecule has 0 saturated heterocycles. The van der Waals surface area contributed by atoms with Crippen LogP contribution in [-0.2, 0) is 9.59 Å². The number of hydrogen-bond donors (Lipinski definition) is 1. The van der Waals surface area contributed by atoms with Crippen molar-refractivity contribution < 1.29 is 9.59 Å². The third-order valence-electron chi connectivity index (χ3n) is 3.51. The Morgan fingerprint density at radius 3 is 2.43 bits per heavy atom. The van der Waals surface area contributed by atoms with E-state index in [1.165, 1.54) is 5.01 Å². The normalized spacial score (nSPS) is 17.1. The Balaban J connectivity index is 1.78. The van der Waals surface area contributed by atoms with Crippen LogP contribution in [0.4, 0.5) is 11.4 Å². The van der Waals surface area contributed by atoms with Crippen LogP contribution in [0.25, 0.3) is 0 Å². The number of carbonyl (C=O) groups is 2. The van der Waals surface area contributed by atoms with Gasteiger partial charge in [-0.15, -0.1) is 0 Å². The number of nitrogens with zero attached hydrogens (tertiary/aromatic N) is 2. The summed E-state index contributed by atoms with van der Waals surface area (Å²) in [5.41, 5.74) is 1.68. The Labute approximate surface area is 138 Å². The van der Waals surface area contributed by atoms with Crippen molar-refractivity contribution in [1.29, 1.82) is 0 Å². The maximum Gasteiger partial charge on any atom is 0.265 e. The van der Waals surface area contributed by atoms with Gasteiger partial charge in [-0.3, -0.25) is 9.59 Å². The van der Waals surface area contributed by atoms with Crippen LogP contribution in [0.3, 0.4) is 0 Å². The largest absolute Gasteiger partial charge is 0.325 e. The summed E-state index contributed by atoms with van der Waals surface area (Å²) in [5.74, 6) is -1.69. The van der Waals surface area contributed by atoms with Crippen LogP contribution in [0, 0.1) is 5.92 Å². The molecule has 0 unspecified atom stereocenters. The van der Waals surface area contributed by atoms with Crippen molar-refractivity contribution in [2.24, 2.45) is 11.0 Å². The summed E-state index contributed by atoms with van der Waals surface area (Å²) in [6.45, 7) is 1.67. The second-order valence-electron chi connectivity index (χ2n) is 5.16. The van der Waals surface area contributed by atoms with E-state index >= 15 is 0 Å². The Bertz CT molecular complexity index is 772. The van der Waals surface area contributed by atoms with Crippen LogP contribution < -0.4 is 10.3 Å². The minimum Gasteiger partial charge on any atom is -0.325 e. The molecule has 116 valence electrons. The maximum atomic E-state index is 12.5. The van der Waals surface area contributed by atoms with Gasteiger partial charge in [0.25, 0.3) is 5.91 Å². The van der Waals surface area contributed by atoms with Gasteiger partial charge in [-0.25, -0.2) is 0 Å². The fraction of sp³-hybridized carbons (Fsp3) is 0.118. The lowest BCUT2D eigenvalue weighted by molar-refractivity contribution is -0.127. The van der Waals surface area contributed by atoms with Gasteiger partial charge >= 0.3 is 0 Å². The molecular weight excluding hydrogens is 314 g/mol. The molecule has 0 aromatic heterocycles. The molecule has 6 heteroatoms. The minimum absolute atomic E-state index is 0.361. The highest BCUT2D eigenvalue weighted by molar-refractivity contribution is 6.31. The summed E-state index contributed by atoms with van der Waals surface area (Å²) in [4.78, 5) is 25.0. The fourth-order valence-corrected chi connectivity index (χ4v) is 2.50. The van der Waals surface area contributed by atoms with E-state index in [0.29, 0.717) is 22.1 Å². The van der Waals surface area contributed by atoms with Crippen LogP contribution in [-0.4, -0.2) is 17.5 Å². The van der Waals surface area contributed by atoms with Gasteiger partial charge < -0.3 is 5.32 Å². The van der Waals surface area contributed by atoms with Crippen LogP contribution >= 0.6 is 11.6 Å². The molecule has 0 aliphatic carbocycles. The van der Waals surface area contributed by atoms with E-state index < -0.39 is 11.8 Å². The third kappa shape index (κ3) is 3.10. The second kappa shape index (κ2) is 6.22. The summed E-state index contributed by atoms with van der Waals surface area (Å²) in [5, 5.41) is 8.78. The van der Waals surface area contributed by atoms with Crippen LogP contribution in [0.2, 0.25) is 5.02 Å². The predicted molar refractivity (Wildman–Crippen MR) is 90.6 cm³/mol. The molecule has 23 heavy (non-hydrogen) atoms. The lowest BCUT2D eigenvalue weighted by Gasteiger charge is -2.14. The molecule has 1 heterocycles. The van der Waals surface area contributed by atoms with E-state index in [1.807, 2.05) is 18.2 Å². The molecule has 0 fully saturated rings. The van der Waals surface area contributed by atoms with Crippen molar-refractivity contribution in [2.45, 2.75) is 6.92 Å². The average molecular weight is 328 g/mol. The van der Waals surface area contributed by atoms with Crippen molar-refractivity contribution in [3.8, 4) is 0 Å². The SMILES string of the molecule is CC1=NN(c2ccccc2)C(=O)[C@@H]1C(=O)Nc1ccc(Cl)cc1. The van der Waals surface area contributed by atoms with Gasteiger partial charge in [0.15, 0.2) is 5.92 Å². The first-order chi connectivity index (χ1) is 11.1. The topological polar surface area (TPSA) is 61.8 Å². The van der Waals surface area contributed by atoms with Crippen molar-refractivity contribution in [2.75, 3.05) is 10.3 Å². The number of rotatable bonds is 3. The number of anilines is 2. The van der Waals surface area contributed by atoms with Crippen molar-refractivity contribution in [1.82, 2.24) is 0 Å². The summed E-state index contributed by atoms with van der Waals surface area (Å²) in [7, 11) is 0. The number of carbonyl (C=O) groups excluding carboxylic acids is 2. The fourth-order valence-electron chi connectivity index (χ4n) is 2.37. The Hall–Kier alpha value is -2.66. The van der Waals surface area contributed by atoms with E-state index in [-0.39, 0.29) is 5.91 Å². The van der Waals surface area contributed by atoms with E-state index in [4.69, 9.17) is 11.6 Å². The first kappa shape index (κ1) is 15.2. The van der Waals surface area contributed by atoms with E-state index in [0.717, 1.165) is 0 Å². The summed E-state index contributed by atoms with van der Waals surface area (Å²) in [6, 6.07) is 15.7. The molecule has 2 aromatic carbocycles. The first-order valence-corrected chi connectivity index (χ1v) is 7.44. The second-order valence-corrected chi connectivity index (χ2v) is 5.59. The van der Waals surface area contributed by atoms with E-state index in [2.05, 4.69) is 10.4 Å². The van der Waals surface area contributed by atoms with Crippen LogP contribution in [0.15, 0.2) is 59.7 Å². The lowest BCUT2D eigenvalue weighted by atomic mass is 10.0. The third-order valence-corrected chi connectivity index (χ3v) is 3.76. The van der Waals surface area contributed by atoms with Gasteiger partial charge in [-0.2, -0.15) is 10.1 Å². The van der Waals surface area contributed by atoms with Crippen LogP contribution in [0.5, 0.6) is 0 Å². The molecular formula is C17H14ClN3O2. The van der Waals surface area contributed by atoms with Gasteiger partial charge in [-0.1, -0.05) is 29.8 Å². The molecule has 0 spiro atoms. The molecule has 1 aliphatic heterocycles. The van der Waals surface area contributed by atoms with E-state index in [9.17, 15) is 9.59 Å². The number of amides is 2. The number of halogens is 1. The summed E-state index contributed by atoms with van der Waals surface area (Å²) >= 11 is 5.82. The molecule has 3 rings (SSSR count). The molecule has 2 amide bonds. The lowest BCUT2D eigenvalue weighted by Crippen LogP contribution is -2.36. The molecule has 1 aliphatic rings. The molecule has 0 radical (unpaired) electrons. The van der Waals surface area contributed by atoms with Crippen molar-refractivity contribution >= 4 is 40.5 Å². The smallest absolute Gasteiger partial charge is 0.265 e. The number of hydrogen-bond acceptors (Lipinski definition) is 3. The summed E-state index contributed by atoms with van der Waals surface area (Å²) < 4.78 is 0. The highest BCUT2D eigenvalue weighted by Crippen LogP contribution is 2.24. The van der Waals surface area contributed by atoms with Gasteiger partial charge in [0, 0.05) is 10.7 Å². The maximum absolute atomic E-state index is 12.5.